The minimum Gasteiger partial charge on any atom is -0.497 e. The monoisotopic (exact) mass is 291 g/mol. The minimum absolute atomic E-state index is 0.310. The molecule has 1 atom stereocenters. The fraction of sp³-hybridized carbons (Fsp3) is 0.188. The average Bonchev–Trinajstić information content (AvgIpc) is 2.50. The summed E-state index contributed by atoms with van der Waals surface area (Å²) in [5.41, 5.74) is 0.524. The standard InChI is InChI=1S/C16H15F2NO2/c1-10(11-6-8-12(21-2)9-7-11)19-16(20)13-4-3-5-14(17)15(13)18/h3-10H,1-2H3,(H,19,20). The van der Waals surface area contributed by atoms with Crippen LogP contribution in [0.15, 0.2) is 42.5 Å². The van der Waals surface area contributed by atoms with Crippen molar-refractivity contribution in [1.29, 1.82) is 0 Å². The molecule has 0 heterocycles. The fourth-order valence-corrected chi connectivity index (χ4v) is 1.93. The van der Waals surface area contributed by atoms with Gasteiger partial charge < -0.3 is 10.1 Å². The maximum atomic E-state index is 13.6. The molecular weight excluding hydrogens is 276 g/mol. The molecule has 0 spiro atoms. The van der Waals surface area contributed by atoms with Gasteiger partial charge >= 0.3 is 0 Å². The van der Waals surface area contributed by atoms with Crippen molar-refractivity contribution in [3.63, 3.8) is 0 Å². The number of amides is 1. The maximum absolute atomic E-state index is 13.6. The van der Waals surface area contributed by atoms with Crippen molar-refractivity contribution < 1.29 is 18.3 Å². The molecule has 2 aromatic rings. The summed E-state index contributed by atoms with van der Waals surface area (Å²) >= 11 is 0. The summed E-state index contributed by atoms with van der Waals surface area (Å²) in [7, 11) is 1.56. The number of hydrogen-bond acceptors (Lipinski definition) is 2. The lowest BCUT2D eigenvalue weighted by Crippen LogP contribution is -2.27. The average molecular weight is 291 g/mol. The lowest BCUT2D eigenvalue weighted by Gasteiger charge is -2.15. The van der Waals surface area contributed by atoms with Crippen molar-refractivity contribution in [2.24, 2.45) is 0 Å². The lowest BCUT2D eigenvalue weighted by molar-refractivity contribution is 0.0934. The fourth-order valence-electron chi connectivity index (χ4n) is 1.93. The molecule has 0 aliphatic rings. The Hall–Kier alpha value is -2.43. The highest BCUT2D eigenvalue weighted by Crippen LogP contribution is 2.18. The van der Waals surface area contributed by atoms with E-state index in [9.17, 15) is 13.6 Å². The first-order valence-corrected chi connectivity index (χ1v) is 6.41. The highest BCUT2D eigenvalue weighted by molar-refractivity contribution is 5.94. The highest BCUT2D eigenvalue weighted by Gasteiger charge is 2.17. The molecule has 2 aromatic carbocycles. The molecule has 1 amide bonds. The van der Waals surface area contributed by atoms with Gasteiger partial charge in [-0.05, 0) is 36.8 Å². The molecule has 2 rings (SSSR count). The number of halogens is 2. The third kappa shape index (κ3) is 3.37. The molecule has 0 aliphatic carbocycles. The molecule has 0 aliphatic heterocycles. The predicted molar refractivity (Wildman–Crippen MR) is 75.2 cm³/mol. The second kappa shape index (κ2) is 6.35. The first kappa shape index (κ1) is 15.0. The second-order valence-electron chi connectivity index (χ2n) is 4.57. The van der Waals surface area contributed by atoms with E-state index < -0.39 is 17.5 Å². The zero-order chi connectivity index (χ0) is 15.4. The van der Waals surface area contributed by atoms with Crippen molar-refractivity contribution >= 4 is 5.91 Å². The lowest BCUT2D eigenvalue weighted by atomic mass is 10.1. The molecule has 5 heteroatoms. The van der Waals surface area contributed by atoms with Crippen molar-refractivity contribution in [2.75, 3.05) is 7.11 Å². The van der Waals surface area contributed by atoms with E-state index in [1.165, 1.54) is 12.1 Å². The molecule has 3 nitrogen and oxygen atoms in total. The van der Waals surface area contributed by atoms with Crippen molar-refractivity contribution in [2.45, 2.75) is 13.0 Å². The molecule has 0 saturated heterocycles. The van der Waals surface area contributed by atoms with Crippen LogP contribution in [-0.2, 0) is 0 Å². The van der Waals surface area contributed by atoms with Crippen molar-refractivity contribution in [1.82, 2.24) is 5.32 Å². The Kier molecular flexibility index (Phi) is 4.52. The third-order valence-electron chi connectivity index (χ3n) is 3.16. The number of nitrogens with one attached hydrogen (secondary N) is 1. The van der Waals surface area contributed by atoms with Gasteiger partial charge in [-0.2, -0.15) is 0 Å². The van der Waals surface area contributed by atoms with Crippen LogP contribution < -0.4 is 10.1 Å². The van der Waals surface area contributed by atoms with Crippen LogP contribution in [0.3, 0.4) is 0 Å². The smallest absolute Gasteiger partial charge is 0.254 e. The molecule has 0 bridgehead atoms. The first-order chi connectivity index (χ1) is 10.0. The van der Waals surface area contributed by atoms with Crippen LogP contribution in [0, 0.1) is 11.6 Å². The quantitative estimate of drug-likeness (QED) is 0.936. The number of benzene rings is 2. The van der Waals surface area contributed by atoms with Crippen LogP contribution in [0.1, 0.15) is 28.9 Å². The Morgan fingerprint density at radius 2 is 1.81 bits per heavy atom. The Morgan fingerprint density at radius 1 is 1.14 bits per heavy atom. The summed E-state index contributed by atoms with van der Waals surface area (Å²) in [6, 6.07) is 10.3. The van der Waals surface area contributed by atoms with Crippen LogP contribution in [0.25, 0.3) is 0 Å². The molecule has 0 radical (unpaired) electrons. The summed E-state index contributed by atoms with van der Waals surface area (Å²) in [4.78, 5) is 12.0. The normalized spacial score (nSPS) is 11.8. The van der Waals surface area contributed by atoms with Crippen molar-refractivity contribution in [3.05, 3.63) is 65.2 Å². The van der Waals surface area contributed by atoms with Gasteiger partial charge in [-0.25, -0.2) is 8.78 Å². The molecule has 110 valence electrons. The van der Waals surface area contributed by atoms with Crippen LogP contribution in [-0.4, -0.2) is 13.0 Å². The number of carbonyl (C=O) groups excluding carboxylic acids is 1. The van der Waals surface area contributed by atoms with Gasteiger partial charge in [0.1, 0.15) is 5.75 Å². The van der Waals surface area contributed by atoms with Gasteiger partial charge in [0, 0.05) is 0 Å². The van der Waals surface area contributed by atoms with Gasteiger partial charge in [-0.15, -0.1) is 0 Å². The van der Waals surface area contributed by atoms with E-state index in [1.807, 2.05) is 0 Å². The van der Waals surface area contributed by atoms with E-state index in [-0.39, 0.29) is 11.6 Å². The minimum atomic E-state index is -1.14. The number of ether oxygens (including phenoxy) is 1. The van der Waals surface area contributed by atoms with Gasteiger partial charge in [0.15, 0.2) is 11.6 Å². The number of hydrogen-bond donors (Lipinski definition) is 1. The van der Waals surface area contributed by atoms with Gasteiger partial charge in [0.2, 0.25) is 0 Å². The van der Waals surface area contributed by atoms with E-state index >= 15 is 0 Å². The van der Waals surface area contributed by atoms with Crippen LogP contribution in [0.2, 0.25) is 0 Å². The van der Waals surface area contributed by atoms with Gasteiger partial charge in [0.05, 0.1) is 18.7 Å². The van der Waals surface area contributed by atoms with E-state index in [2.05, 4.69) is 5.32 Å². The van der Waals surface area contributed by atoms with Gasteiger partial charge in [-0.1, -0.05) is 18.2 Å². The van der Waals surface area contributed by atoms with E-state index in [0.29, 0.717) is 5.75 Å². The van der Waals surface area contributed by atoms with E-state index in [0.717, 1.165) is 11.6 Å². The molecule has 0 fully saturated rings. The molecular formula is C16H15F2NO2. The number of rotatable bonds is 4. The molecule has 1 N–H and O–H groups in total. The third-order valence-corrected chi connectivity index (χ3v) is 3.16. The summed E-state index contributed by atoms with van der Waals surface area (Å²) in [6.07, 6.45) is 0. The summed E-state index contributed by atoms with van der Waals surface area (Å²) in [5.74, 6) is -2.14. The topological polar surface area (TPSA) is 38.3 Å². The summed E-state index contributed by atoms with van der Waals surface area (Å²) in [6.45, 7) is 1.76. The Balaban J connectivity index is 2.12. The highest BCUT2D eigenvalue weighted by atomic mass is 19.2. The van der Waals surface area contributed by atoms with Crippen molar-refractivity contribution in [3.8, 4) is 5.75 Å². The molecule has 1 unspecified atom stereocenters. The zero-order valence-electron chi connectivity index (χ0n) is 11.7. The largest absolute Gasteiger partial charge is 0.497 e. The maximum Gasteiger partial charge on any atom is 0.254 e. The Bertz CT molecular complexity index is 641. The van der Waals surface area contributed by atoms with E-state index in [1.54, 1.807) is 38.3 Å². The first-order valence-electron chi connectivity index (χ1n) is 6.41. The predicted octanol–water partition coefficient (Wildman–Crippen LogP) is 3.46. The number of carbonyl (C=O) groups is 1. The van der Waals surface area contributed by atoms with Crippen LogP contribution >= 0.6 is 0 Å². The summed E-state index contributed by atoms with van der Waals surface area (Å²) in [5, 5.41) is 2.63. The molecule has 21 heavy (non-hydrogen) atoms. The van der Waals surface area contributed by atoms with Gasteiger partial charge in [-0.3, -0.25) is 4.79 Å². The van der Waals surface area contributed by atoms with Gasteiger partial charge in [0.25, 0.3) is 5.91 Å². The SMILES string of the molecule is COc1ccc(C(C)NC(=O)c2cccc(F)c2F)cc1. The Labute approximate surface area is 121 Å². The van der Waals surface area contributed by atoms with Crippen LogP contribution in [0.4, 0.5) is 8.78 Å². The molecule has 0 saturated carbocycles. The number of methoxy groups -OCH3 is 1. The zero-order valence-corrected chi connectivity index (χ0v) is 11.7. The summed E-state index contributed by atoms with van der Waals surface area (Å²) < 4.78 is 31.7. The second-order valence-corrected chi connectivity index (χ2v) is 4.57. The Morgan fingerprint density at radius 3 is 2.43 bits per heavy atom. The molecule has 0 aromatic heterocycles. The van der Waals surface area contributed by atoms with E-state index in [4.69, 9.17) is 4.74 Å². The van der Waals surface area contributed by atoms with Crippen LogP contribution in [0.5, 0.6) is 5.75 Å².